The third-order valence-corrected chi connectivity index (χ3v) is 4.97. The summed E-state index contributed by atoms with van der Waals surface area (Å²) in [6, 6.07) is 7.91. The summed E-state index contributed by atoms with van der Waals surface area (Å²) in [7, 11) is 3.63. The molecule has 1 fully saturated rings. The lowest BCUT2D eigenvalue weighted by Crippen LogP contribution is -2.19. The number of methoxy groups -OCH3 is 1. The highest BCUT2D eigenvalue weighted by Crippen LogP contribution is 2.38. The summed E-state index contributed by atoms with van der Waals surface area (Å²) in [6.45, 7) is 0. The monoisotopic (exact) mass is 338 g/mol. The summed E-state index contributed by atoms with van der Waals surface area (Å²) < 4.78 is 9.44. The third kappa shape index (κ3) is 2.72. The minimum absolute atomic E-state index is 0.0403. The first-order valence-corrected chi connectivity index (χ1v) is 8.56. The lowest BCUT2D eigenvalue weighted by molar-refractivity contribution is 0.137. The predicted octanol–water partition coefficient (Wildman–Crippen LogP) is 3.05. The van der Waals surface area contributed by atoms with E-state index in [1.54, 1.807) is 13.3 Å². The normalized spacial score (nSPS) is 20.1. The van der Waals surface area contributed by atoms with Crippen LogP contribution in [0.25, 0.3) is 22.8 Å². The number of aliphatic hydroxyl groups excluding tert-OH is 1. The van der Waals surface area contributed by atoms with Gasteiger partial charge in [-0.25, -0.2) is 9.97 Å². The van der Waals surface area contributed by atoms with Crippen LogP contribution in [0.3, 0.4) is 0 Å². The van der Waals surface area contributed by atoms with E-state index in [2.05, 4.69) is 14.5 Å². The molecule has 0 radical (unpaired) electrons. The molecule has 0 spiro atoms. The molecule has 6 nitrogen and oxygen atoms in total. The van der Waals surface area contributed by atoms with Crippen molar-refractivity contribution in [2.24, 2.45) is 7.05 Å². The molecule has 0 amide bonds. The van der Waals surface area contributed by atoms with E-state index < -0.39 is 0 Å². The number of rotatable bonds is 4. The van der Waals surface area contributed by atoms with Gasteiger partial charge in [-0.15, -0.1) is 0 Å². The number of aromatic nitrogens is 4. The van der Waals surface area contributed by atoms with Gasteiger partial charge in [0.25, 0.3) is 0 Å². The van der Waals surface area contributed by atoms with Crippen LogP contribution < -0.4 is 4.74 Å². The van der Waals surface area contributed by atoms with Crippen molar-refractivity contribution < 1.29 is 9.84 Å². The molecule has 4 rings (SSSR count). The summed E-state index contributed by atoms with van der Waals surface area (Å²) in [5, 5.41) is 10.4. The summed E-state index contributed by atoms with van der Waals surface area (Å²) in [5.74, 6) is 1.63. The summed E-state index contributed by atoms with van der Waals surface area (Å²) in [4.78, 5) is 9.21. The molecule has 1 aliphatic rings. The fraction of sp³-hybridized carbons (Fsp3) is 0.368. The smallest absolute Gasteiger partial charge is 0.158 e. The van der Waals surface area contributed by atoms with Gasteiger partial charge in [0.05, 0.1) is 31.3 Å². The number of aryl methyl sites for hydroxylation is 1. The second kappa shape index (κ2) is 6.37. The van der Waals surface area contributed by atoms with Crippen LogP contribution in [0.5, 0.6) is 5.75 Å². The Kier molecular flexibility index (Phi) is 4.05. The van der Waals surface area contributed by atoms with Crippen molar-refractivity contribution in [1.82, 2.24) is 19.1 Å². The highest BCUT2D eigenvalue weighted by Gasteiger charge is 2.31. The fourth-order valence-corrected chi connectivity index (χ4v) is 3.65. The number of hydrogen-bond donors (Lipinski definition) is 1. The summed E-state index contributed by atoms with van der Waals surface area (Å²) in [6.07, 6.45) is 8.01. The molecule has 2 heterocycles. The first kappa shape index (κ1) is 15.9. The number of aliphatic hydroxyl groups is 1. The van der Waals surface area contributed by atoms with E-state index in [4.69, 9.17) is 4.74 Å². The largest absolute Gasteiger partial charge is 0.497 e. The summed E-state index contributed by atoms with van der Waals surface area (Å²) >= 11 is 0. The average Bonchev–Trinajstić information content (AvgIpc) is 3.33. The Hall–Kier alpha value is -2.60. The molecular formula is C19H22N4O2. The average molecular weight is 338 g/mol. The van der Waals surface area contributed by atoms with Gasteiger partial charge in [0.1, 0.15) is 11.4 Å². The quantitative estimate of drug-likeness (QED) is 0.794. The first-order chi connectivity index (χ1) is 12.2. The van der Waals surface area contributed by atoms with Crippen LogP contribution >= 0.6 is 0 Å². The van der Waals surface area contributed by atoms with Crippen LogP contribution in [-0.4, -0.2) is 37.4 Å². The number of nitrogens with zero attached hydrogens (tertiary/aromatic N) is 4. The maximum Gasteiger partial charge on any atom is 0.158 e. The molecule has 0 unspecified atom stereocenters. The Morgan fingerprint density at radius 3 is 2.80 bits per heavy atom. The van der Waals surface area contributed by atoms with Gasteiger partial charge in [-0.1, -0.05) is 12.1 Å². The first-order valence-electron chi connectivity index (χ1n) is 8.56. The molecule has 1 aliphatic carbocycles. The predicted molar refractivity (Wildman–Crippen MR) is 95.3 cm³/mol. The van der Waals surface area contributed by atoms with Gasteiger partial charge < -0.3 is 19.0 Å². The minimum Gasteiger partial charge on any atom is -0.497 e. The van der Waals surface area contributed by atoms with Crippen LogP contribution in [0.2, 0.25) is 0 Å². The van der Waals surface area contributed by atoms with Crippen molar-refractivity contribution in [3.63, 3.8) is 0 Å². The SMILES string of the molecule is COc1cccc(-c2ncn([C@H]3CCC[C@@H]3O)c2-c2nccn2C)c1. The van der Waals surface area contributed by atoms with E-state index in [1.165, 1.54) is 0 Å². The highest BCUT2D eigenvalue weighted by molar-refractivity contribution is 5.76. The Morgan fingerprint density at radius 1 is 1.24 bits per heavy atom. The lowest BCUT2D eigenvalue weighted by atomic mass is 10.1. The number of hydrogen-bond acceptors (Lipinski definition) is 4. The molecule has 0 bridgehead atoms. The van der Waals surface area contributed by atoms with Crippen molar-refractivity contribution in [2.45, 2.75) is 31.4 Å². The van der Waals surface area contributed by atoms with Crippen LogP contribution in [-0.2, 0) is 7.05 Å². The fourth-order valence-electron chi connectivity index (χ4n) is 3.65. The zero-order chi connectivity index (χ0) is 17.4. The Bertz CT molecular complexity index is 883. The maximum atomic E-state index is 10.4. The Morgan fingerprint density at radius 2 is 2.12 bits per heavy atom. The van der Waals surface area contributed by atoms with E-state index in [0.29, 0.717) is 0 Å². The molecular weight excluding hydrogens is 316 g/mol. The zero-order valence-electron chi connectivity index (χ0n) is 14.5. The number of benzene rings is 1. The van der Waals surface area contributed by atoms with E-state index in [1.807, 2.05) is 48.4 Å². The van der Waals surface area contributed by atoms with Gasteiger partial charge in [0.2, 0.25) is 0 Å². The van der Waals surface area contributed by atoms with E-state index in [9.17, 15) is 5.11 Å². The van der Waals surface area contributed by atoms with Gasteiger partial charge in [-0.2, -0.15) is 0 Å². The van der Waals surface area contributed by atoms with Gasteiger partial charge in [0.15, 0.2) is 5.82 Å². The topological polar surface area (TPSA) is 65.1 Å². The van der Waals surface area contributed by atoms with Crippen LogP contribution in [0, 0.1) is 0 Å². The van der Waals surface area contributed by atoms with Crippen molar-refractivity contribution in [3.8, 4) is 28.5 Å². The Labute approximate surface area is 146 Å². The van der Waals surface area contributed by atoms with Crippen LogP contribution in [0.4, 0.5) is 0 Å². The number of imidazole rings is 2. The van der Waals surface area contributed by atoms with Crippen LogP contribution in [0.15, 0.2) is 43.0 Å². The molecule has 6 heteroatoms. The standard InChI is InChI=1S/C19H22N4O2/c1-22-10-9-20-19(22)18-17(13-5-3-6-14(11-13)25-2)21-12-23(18)15-7-4-8-16(15)24/h3,5-6,9-12,15-16,24H,4,7-8H2,1-2H3/t15-,16-/m0/s1. The minimum atomic E-state index is -0.341. The molecule has 0 aliphatic heterocycles. The highest BCUT2D eigenvalue weighted by atomic mass is 16.5. The van der Waals surface area contributed by atoms with Crippen molar-refractivity contribution in [3.05, 3.63) is 43.0 Å². The lowest BCUT2D eigenvalue weighted by Gasteiger charge is -2.19. The van der Waals surface area contributed by atoms with Crippen LogP contribution in [0.1, 0.15) is 25.3 Å². The van der Waals surface area contributed by atoms with Gasteiger partial charge in [-0.05, 0) is 31.4 Å². The summed E-state index contributed by atoms with van der Waals surface area (Å²) in [5.41, 5.74) is 2.77. The Balaban J connectivity index is 1.90. The van der Waals surface area contributed by atoms with Gasteiger partial charge >= 0.3 is 0 Å². The van der Waals surface area contributed by atoms with Crippen molar-refractivity contribution >= 4 is 0 Å². The molecule has 25 heavy (non-hydrogen) atoms. The number of ether oxygens (including phenoxy) is 1. The molecule has 0 saturated heterocycles. The third-order valence-electron chi connectivity index (χ3n) is 4.97. The molecule has 130 valence electrons. The maximum absolute atomic E-state index is 10.4. The zero-order valence-corrected chi connectivity index (χ0v) is 14.5. The van der Waals surface area contributed by atoms with E-state index >= 15 is 0 Å². The molecule has 1 saturated carbocycles. The van der Waals surface area contributed by atoms with Crippen molar-refractivity contribution in [1.29, 1.82) is 0 Å². The molecule has 1 N–H and O–H groups in total. The van der Waals surface area contributed by atoms with Crippen molar-refractivity contribution in [2.75, 3.05) is 7.11 Å². The molecule has 2 atom stereocenters. The second-order valence-corrected chi connectivity index (χ2v) is 6.51. The second-order valence-electron chi connectivity index (χ2n) is 6.51. The van der Waals surface area contributed by atoms with E-state index in [0.717, 1.165) is 47.8 Å². The van der Waals surface area contributed by atoms with Gasteiger partial charge in [0, 0.05) is 25.0 Å². The van der Waals surface area contributed by atoms with E-state index in [-0.39, 0.29) is 12.1 Å². The van der Waals surface area contributed by atoms with Gasteiger partial charge in [-0.3, -0.25) is 0 Å². The molecule has 2 aromatic heterocycles. The molecule has 1 aromatic carbocycles. The molecule has 3 aromatic rings.